The molecule has 4 nitrogen and oxygen atoms in total. The lowest BCUT2D eigenvalue weighted by atomic mass is 10.2. The average molecular weight is 270 g/mol. The number of hydrogen-bond acceptors (Lipinski definition) is 4. The van der Waals surface area contributed by atoms with Gasteiger partial charge in [0.15, 0.2) is 0 Å². The summed E-state index contributed by atoms with van der Waals surface area (Å²) < 4.78 is 0. The zero-order valence-corrected chi connectivity index (χ0v) is 12.1. The van der Waals surface area contributed by atoms with Crippen molar-refractivity contribution in [3.63, 3.8) is 0 Å². The number of hydrogen-bond donors (Lipinski definition) is 2. The number of anilines is 3. The zero-order chi connectivity index (χ0) is 14.4. The van der Waals surface area contributed by atoms with E-state index < -0.39 is 0 Å². The summed E-state index contributed by atoms with van der Waals surface area (Å²) in [5.41, 5.74) is 8.72. The van der Waals surface area contributed by atoms with Crippen LogP contribution in [-0.4, -0.2) is 25.1 Å². The molecule has 0 bridgehead atoms. The van der Waals surface area contributed by atoms with E-state index in [9.17, 15) is 0 Å². The fourth-order valence-electron chi connectivity index (χ4n) is 2.12. The highest BCUT2D eigenvalue weighted by atomic mass is 15.1. The molecule has 0 aliphatic heterocycles. The molecule has 2 rings (SSSR count). The van der Waals surface area contributed by atoms with E-state index in [1.165, 1.54) is 5.69 Å². The van der Waals surface area contributed by atoms with Gasteiger partial charge in [0.2, 0.25) is 0 Å². The molecular formula is C16H22N4. The standard InChI is InChI=1S/C16H22N4/c1-13-11-14(17)12-19-16(13)18-9-6-10-20(2)15-7-4-3-5-8-15/h3-5,7-8,11-12H,6,9-10,17H2,1-2H3,(H,18,19). The van der Waals surface area contributed by atoms with Crippen LogP contribution in [0.25, 0.3) is 0 Å². The summed E-state index contributed by atoms with van der Waals surface area (Å²) in [5, 5.41) is 3.35. The Bertz CT molecular complexity index is 539. The van der Waals surface area contributed by atoms with Crippen LogP contribution in [0, 0.1) is 6.92 Å². The van der Waals surface area contributed by atoms with Crippen molar-refractivity contribution in [3.8, 4) is 0 Å². The molecule has 0 aliphatic carbocycles. The van der Waals surface area contributed by atoms with E-state index in [-0.39, 0.29) is 0 Å². The van der Waals surface area contributed by atoms with Gasteiger partial charge in [-0.05, 0) is 37.1 Å². The molecule has 4 heteroatoms. The summed E-state index contributed by atoms with van der Waals surface area (Å²) in [4.78, 5) is 6.56. The van der Waals surface area contributed by atoms with Gasteiger partial charge in [-0.3, -0.25) is 0 Å². The van der Waals surface area contributed by atoms with Gasteiger partial charge in [0.25, 0.3) is 0 Å². The number of nitrogens with zero attached hydrogens (tertiary/aromatic N) is 2. The van der Waals surface area contributed by atoms with E-state index in [4.69, 9.17) is 5.73 Å². The fraction of sp³-hybridized carbons (Fsp3) is 0.312. The van der Waals surface area contributed by atoms with Crippen molar-refractivity contribution >= 4 is 17.2 Å². The molecule has 1 aromatic carbocycles. The van der Waals surface area contributed by atoms with Crippen LogP contribution in [0.5, 0.6) is 0 Å². The van der Waals surface area contributed by atoms with Crippen molar-refractivity contribution in [1.29, 1.82) is 0 Å². The van der Waals surface area contributed by atoms with Crippen molar-refractivity contribution in [2.45, 2.75) is 13.3 Å². The Labute approximate surface area is 120 Å². The van der Waals surface area contributed by atoms with Gasteiger partial charge in [0, 0.05) is 25.8 Å². The Morgan fingerprint density at radius 1 is 1.25 bits per heavy atom. The number of para-hydroxylation sites is 1. The van der Waals surface area contributed by atoms with Crippen molar-refractivity contribution < 1.29 is 0 Å². The quantitative estimate of drug-likeness (QED) is 0.792. The monoisotopic (exact) mass is 270 g/mol. The number of aromatic nitrogens is 1. The number of aryl methyl sites for hydroxylation is 1. The SMILES string of the molecule is Cc1cc(N)cnc1NCCCN(C)c1ccccc1. The Balaban J connectivity index is 1.76. The minimum Gasteiger partial charge on any atom is -0.397 e. The number of nitrogen functional groups attached to an aromatic ring is 1. The summed E-state index contributed by atoms with van der Waals surface area (Å²) in [6.45, 7) is 3.92. The van der Waals surface area contributed by atoms with Crippen LogP contribution < -0.4 is 16.0 Å². The summed E-state index contributed by atoms with van der Waals surface area (Å²) in [5.74, 6) is 0.918. The van der Waals surface area contributed by atoms with Crippen LogP contribution >= 0.6 is 0 Å². The molecular weight excluding hydrogens is 248 g/mol. The first-order chi connectivity index (χ1) is 9.66. The Morgan fingerprint density at radius 3 is 2.70 bits per heavy atom. The molecule has 1 heterocycles. The highest BCUT2D eigenvalue weighted by Crippen LogP contribution is 2.14. The topological polar surface area (TPSA) is 54.2 Å². The van der Waals surface area contributed by atoms with E-state index in [0.717, 1.165) is 30.9 Å². The predicted octanol–water partition coefficient (Wildman–Crippen LogP) is 2.91. The van der Waals surface area contributed by atoms with Crippen molar-refractivity contribution in [1.82, 2.24) is 4.98 Å². The molecule has 0 fully saturated rings. The number of pyridine rings is 1. The van der Waals surface area contributed by atoms with Crippen LogP contribution in [0.4, 0.5) is 17.2 Å². The molecule has 106 valence electrons. The van der Waals surface area contributed by atoms with Gasteiger partial charge in [-0.1, -0.05) is 18.2 Å². The van der Waals surface area contributed by atoms with Crippen LogP contribution in [0.3, 0.4) is 0 Å². The lowest BCUT2D eigenvalue weighted by Crippen LogP contribution is -2.21. The normalized spacial score (nSPS) is 10.3. The van der Waals surface area contributed by atoms with Crippen LogP contribution in [-0.2, 0) is 0 Å². The van der Waals surface area contributed by atoms with Crippen LogP contribution in [0.2, 0.25) is 0 Å². The van der Waals surface area contributed by atoms with Crippen LogP contribution in [0.1, 0.15) is 12.0 Å². The maximum atomic E-state index is 5.69. The Morgan fingerprint density at radius 2 is 2.00 bits per heavy atom. The molecule has 2 aromatic rings. The highest BCUT2D eigenvalue weighted by Gasteiger charge is 2.01. The average Bonchev–Trinajstić information content (AvgIpc) is 2.46. The second-order valence-electron chi connectivity index (χ2n) is 4.97. The zero-order valence-electron chi connectivity index (χ0n) is 12.1. The number of benzene rings is 1. The third-order valence-corrected chi connectivity index (χ3v) is 3.26. The molecule has 20 heavy (non-hydrogen) atoms. The maximum absolute atomic E-state index is 5.69. The molecule has 0 amide bonds. The van der Waals surface area contributed by atoms with Gasteiger partial charge < -0.3 is 16.0 Å². The molecule has 0 aliphatic rings. The summed E-state index contributed by atoms with van der Waals surface area (Å²) in [6.07, 6.45) is 2.74. The smallest absolute Gasteiger partial charge is 0.128 e. The molecule has 0 spiro atoms. The second-order valence-corrected chi connectivity index (χ2v) is 4.97. The van der Waals surface area contributed by atoms with Gasteiger partial charge in [-0.25, -0.2) is 4.98 Å². The molecule has 0 saturated heterocycles. The van der Waals surface area contributed by atoms with Gasteiger partial charge in [0.1, 0.15) is 5.82 Å². The molecule has 0 radical (unpaired) electrons. The van der Waals surface area contributed by atoms with Crippen molar-refractivity contribution in [2.24, 2.45) is 0 Å². The Kier molecular flexibility index (Phi) is 4.82. The lowest BCUT2D eigenvalue weighted by Gasteiger charge is -2.19. The lowest BCUT2D eigenvalue weighted by molar-refractivity contribution is 0.813. The van der Waals surface area contributed by atoms with Gasteiger partial charge in [0.05, 0.1) is 11.9 Å². The van der Waals surface area contributed by atoms with Crippen molar-refractivity contribution in [3.05, 3.63) is 48.2 Å². The molecule has 0 unspecified atom stereocenters. The molecule has 0 atom stereocenters. The molecule has 3 N–H and O–H groups in total. The summed E-state index contributed by atoms with van der Waals surface area (Å²) >= 11 is 0. The largest absolute Gasteiger partial charge is 0.397 e. The minimum absolute atomic E-state index is 0.705. The highest BCUT2D eigenvalue weighted by molar-refractivity contribution is 5.50. The number of rotatable bonds is 6. The molecule has 0 saturated carbocycles. The number of nitrogens with one attached hydrogen (secondary N) is 1. The van der Waals surface area contributed by atoms with E-state index in [1.807, 2.05) is 19.1 Å². The first-order valence-electron chi connectivity index (χ1n) is 6.89. The first-order valence-corrected chi connectivity index (χ1v) is 6.89. The first kappa shape index (κ1) is 14.2. The summed E-state index contributed by atoms with van der Waals surface area (Å²) in [7, 11) is 2.11. The van der Waals surface area contributed by atoms with E-state index >= 15 is 0 Å². The van der Waals surface area contributed by atoms with Gasteiger partial charge >= 0.3 is 0 Å². The van der Waals surface area contributed by atoms with Crippen LogP contribution in [0.15, 0.2) is 42.6 Å². The predicted molar refractivity (Wildman–Crippen MR) is 86.2 cm³/mol. The second kappa shape index (κ2) is 6.80. The van der Waals surface area contributed by atoms with Crippen molar-refractivity contribution in [2.75, 3.05) is 36.1 Å². The number of nitrogens with two attached hydrogens (primary N) is 1. The van der Waals surface area contributed by atoms with E-state index in [0.29, 0.717) is 5.69 Å². The third kappa shape index (κ3) is 3.88. The molecule has 1 aromatic heterocycles. The van der Waals surface area contributed by atoms with E-state index in [2.05, 4.69) is 46.5 Å². The van der Waals surface area contributed by atoms with E-state index in [1.54, 1.807) is 6.20 Å². The maximum Gasteiger partial charge on any atom is 0.128 e. The fourth-order valence-corrected chi connectivity index (χ4v) is 2.12. The third-order valence-electron chi connectivity index (χ3n) is 3.26. The Hall–Kier alpha value is -2.23. The van der Waals surface area contributed by atoms with Gasteiger partial charge in [-0.2, -0.15) is 0 Å². The minimum atomic E-state index is 0.705. The summed E-state index contributed by atoms with van der Waals surface area (Å²) in [6, 6.07) is 12.3. The van der Waals surface area contributed by atoms with Gasteiger partial charge in [-0.15, -0.1) is 0 Å².